The normalized spacial score (nSPS) is 13.1. The van der Waals surface area contributed by atoms with E-state index in [2.05, 4.69) is 5.32 Å². The minimum absolute atomic E-state index is 0.0756. The number of phenols is 1. The molecule has 0 heterocycles. The number of carbonyl (C=O) groups is 1. The first-order chi connectivity index (χ1) is 8.74. The molecule has 1 rings (SSSR count). The van der Waals surface area contributed by atoms with Crippen LogP contribution in [0.1, 0.15) is 18.9 Å². The third kappa shape index (κ3) is 4.44. The number of halogens is 3. The van der Waals surface area contributed by atoms with Gasteiger partial charge < -0.3 is 16.2 Å². The Bertz CT molecular complexity index is 461. The maximum absolute atomic E-state index is 12.5. The highest BCUT2D eigenvalue weighted by Gasteiger charge is 2.31. The molecule has 0 saturated carbocycles. The molecule has 4 nitrogen and oxygen atoms in total. The van der Waals surface area contributed by atoms with Crippen LogP contribution >= 0.6 is 0 Å². The molecule has 0 radical (unpaired) electrons. The van der Waals surface area contributed by atoms with E-state index in [0.717, 1.165) is 12.1 Å². The fourth-order valence-corrected chi connectivity index (χ4v) is 1.41. The van der Waals surface area contributed by atoms with Crippen molar-refractivity contribution < 1.29 is 23.1 Å². The van der Waals surface area contributed by atoms with Gasteiger partial charge in [-0.15, -0.1) is 0 Å². The van der Waals surface area contributed by atoms with Gasteiger partial charge in [0.15, 0.2) is 0 Å². The number of hydrogen-bond donors (Lipinski definition) is 3. The number of hydrogen-bond acceptors (Lipinski definition) is 3. The molecule has 4 N–H and O–H groups in total. The summed E-state index contributed by atoms with van der Waals surface area (Å²) in [5.74, 6) is -0.998. The van der Waals surface area contributed by atoms with Crippen molar-refractivity contribution >= 4 is 11.6 Å². The maximum atomic E-state index is 12.5. The summed E-state index contributed by atoms with van der Waals surface area (Å²) in [5.41, 5.74) is 4.15. The average Bonchev–Trinajstić information content (AvgIpc) is 2.30. The van der Waals surface area contributed by atoms with E-state index in [1.165, 1.54) is 0 Å². The smallest absolute Gasteiger partial charge is 0.416 e. The van der Waals surface area contributed by atoms with Gasteiger partial charge in [-0.3, -0.25) is 4.79 Å². The molecule has 0 aliphatic heterocycles. The van der Waals surface area contributed by atoms with Crippen LogP contribution in [0.2, 0.25) is 0 Å². The van der Waals surface area contributed by atoms with Gasteiger partial charge in [0.05, 0.1) is 11.3 Å². The Balaban J connectivity index is 2.86. The lowest BCUT2D eigenvalue weighted by Crippen LogP contribution is -2.20. The van der Waals surface area contributed by atoms with Crippen molar-refractivity contribution in [1.29, 1.82) is 0 Å². The lowest BCUT2D eigenvalue weighted by molar-refractivity contribution is -0.137. The van der Waals surface area contributed by atoms with E-state index < -0.39 is 23.4 Å². The van der Waals surface area contributed by atoms with E-state index in [1.807, 2.05) is 0 Å². The number of amides is 1. The summed E-state index contributed by atoms with van der Waals surface area (Å²) in [6.07, 6.45) is -4.45. The first-order valence-electron chi connectivity index (χ1n) is 5.64. The van der Waals surface area contributed by atoms with Crippen LogP contribution in [0.25, 0.3) is 0 Å². The van der Waals surface area contributed by atoms with E-state index in [1.54, 1.807) is 6.92 Å². The van der Waals surface area contributed by atoms with E-state index in [4.69, 9.17) is 5.73 Å². The fourth-order valence-electron chi connectivity index (χ4n) is 1.41. The van der Waals surface area contributed by atoms with Gasteiger partial charge in [0.2, 0.25) is 5.91 Å². The molecule has 0 saturated heterocycles. The largest absolute Gasteiger partial charge is 0.506 e. The summed E-state index contributed by atoms with van der Waals surface area (Å²) >= 11 is 0. The molecule has 19 heavy (non-hydrogen) atoms. The van der Waals surface area contributed by atoms with Crippen molar-refractivity contribution in [3.63, 3.8) is 0 Å². The number of alkyl halides is 3. The number of nitrogens with two attached hydrogens (primary N) is 1. The Hall–Kier alpha value is -1.76. The molecule has 7 heteroatoms. The molecular weight excluding hydrogens is 261 g/mol. The summed E-state index contributed by atoms with van der Waals surface area (Å²) in [7, 11) is 0. The number of carbonyl (C=O) groups excluding carboxylic acids is 1. The number of aromatic hydroxyl groups is 1. The summed E-state index contributed by atoms with van der Waals surface area (Å²) in [6, 6.07) is 2.33. The fraction of sp³-hybridized carbons (Fsp3) is 0.417. The highest BCUT2D eigenvalue weighted by Crippen LogP contribution is 2.34. The minimum Gasteiger partial charge on any atom is -0.506 e. The van der Waals surface area contributed by atoms with Gasteiger partial charge >= 0.3 is 6.18 Å². The van der Waals surface area contributed by atoms with Crippen LogP contribution in [0.4, 0.5) is 18.9 Å². The van der Waals surface area contributed by atoms with Crippen LogP contribution in [0.5, 0.6) is 5.75 Å². The van der Waals surface area contributed by atoms with Crippen molar-refractivity contribution in [3.8, 4) is 5.75 Å². The Morgan fingerprint density at radius 2 is 2.11 bits per heavy atom. The summed E-state index contributed by atoms with van der Waals surface area (Å²) < 4.78 is 37.5. The second-order valence-electron chi connectivity index (χ2n) is 4.32. The zero-order valence-electron chi connectivity index (χ0n) is 10.3. The van der Waals surface area contributed by atoms with Crippen molar-refractivity contribution in [2.45, 2.75) is 19.5 Å². The molecular formula is C12H15F3N2O2. The van der Waals surface area contributed by atoms with Gasteiger partial charge in [0.25, 0.3) is 0 Å². The van der Waals surface area contributed by atoms with Gasteiger partial charge in [0, 0.05) is 6.42 Å². The third-order valence-corrected chi connectivity index (χ3v) is 2.53. The number of anilines is 1. The van der Waals surface area contributed by atoms with Crippen LogP contribution in [0, 0.1) is 5.92 Å². The maximum Gasteiger partial charge on any atom is 0.416 e. The molecule has 0 fully saturated rings. The standard InChI is InChI=1S/C12H15F3N2O2/c1-7(6-16)4-11(19)17-9-5-8(12(13,14)15)2-3-10(9)18/h2-3,5,7,18H,4,6,16H2,1H3,(H,17,19). The summed E-state index contributed by atoms with van der Waals surface area (Å²) in [6.45, 7) is 2.04. The summed E-state index contributed by atoms with van der Waals surface area (Å²) in [5, 5.41) is 11.7. The van der Waals surface area contributed by atoms with Crippen LogP contribution in [0.15, 0.2) is 18.2 Å². The number of nitrogens with one attached hydrogen (secondary N) is 1. The Morgan fingerprint density at radius 3 is 2.63 bits per heavy atom. The minimum atomic E-state index is -4.53. The number of benzene rings is 1. The summed E-state index contributed by atoms with van der Waals surface area (Å²) in [4.78, 5) is 11.5. The molecule has 0 bridgehead atoms. The molecule has 1 atom stereocenters. The highest BCUT2D eigenvalue weighted by molar-refractivity contribution is 5.92. The van der Waals surface area contributed by atoms with Crippen molar-refractivity contribution in [3.05, 3.63) is 23.8 Å². The topological polar surface area (TPSA) is 75.4 Å². The Morgan fingerprint density at radius 1 is 1.47 bits per heavy atom. The van der Waals surface area contributed by atoms with Gasteiger partial charge in [-0.1, -0.05) is 6.92 Å². The molecule has 0 aliphatic rings. The Labute approximate surface area is 108 Å². The molecule has 1 unspecified atom stereocenters. The molecule has 1 amide bonds. The van der Waals surface area contributed by atoms with Crippen LogP contribution in [-0.4, -0.2) is 17.6 Å². The molecule has 106 valence electrons. The first-order valence-corrected chi connectivity index (χ1v) is 5.64. The zero-order valence-corrected chi connectivity index (χ0v) is 10.3. The average molecular weight is 276 g/mol. The highest BCUT2D eigenvalue weighted by atomic mass is 19.4. The number of phenolic OH excluding ortho intramolecular Hbond substituents is 1. The monoisotopic (exact) mass is 276 g/mol. The number of rotatable bonds is 4. The van der Waals surface area contributed by atoms with Crippen LogP contribution < -0.4 is 11.1 Å². The second kappa shape index (κ2) is 5.92. The van der Waals surface area contributed by atoms with E-state index in [-0.39, 0.29) is 18.0 Å². The SMILES string of the molecule is CC(CN)CC(=O)Nc1cc(C(F)(F)F)ccc1O. The predicted molar refractivity (Wildman–Crippen MR) is 64.6 cm³/mol. The van der Waals surface area contributed by atoms with E-state index in [9.17, 15) is 23.1 Å². The van der Waals surface area contributed by atoms with E-state index in [0.29, 0.717) is 12.6 Å². The quantitative estimate of drug-likeness (QED) is 0.739. The molecule has 0 aliphatic carbocycles. The van der Waals surface area contributed by atoms with Crippen molar-refractivity contribution in [1.82, 2.24) is 0 Å². The Kier molecular flexibility index (Phi) is 4.77. The molecule has 0 spiro atoms. The van der Waals surface area contributed by atoms with Gasteiger partial charge in [-0.05, 0) is 30.7 Å². The van der Waals surface area contributed by atoms with Gasteiger partial charge in [0.1, 0.15) is 5.75 Å². The first kappa shape index (κ1) is 15.3. The lowest BCUT2D eigenvalue weighted by Gasteiger charge is -2.13. The van der Waals surface area contributed by atoms with Gasteiger partial charge in [-0.2, -0.15) is 13.2 Å². The molecule has 0 aromatic heterocycles. The molecule has 1 aromatic rings. The van der Waals surface area contributed by atoms with Crippen molar-refractivity contribution in [2.24, 2.45) is 11.7 Å². The van der Waals surface area contributed by atoms with Crippen molar-refractivity contribution in [2.75, 3.05) is 11.9 Å². The van der Waals surface area contributed by atoms with Crippen LogP contribution in [-0.2, 0) is 11.0 Å². The zero-order chi connectivity index (χ0) is 14.6. The second-order valence-corrected chi connectivity index (χ2v) is 4.32. The van der Waals surface area contributed by atoms with Crippen LogP contribution in [0.3, 0.4) is 0 Å². The lowest BCUT2D eigenvalue weighted by atomic mass is 10.1. The van der Waals surface area contributed by atoms with Gasteiger partial charge in [-0.25, -0.2) is 0 Å². The van der Waals surface area contributed by atoms with E-state index >= 15 is 0 Å². The predicted octanol–water partition coefficient (Wildman–Crippen LogP) is 2.33. The molecule has 1 aromatic carbocycles. The third-order valence-electron chi connectivity index (χ3n) is 2.53.